The summed E-state index contributed by atoms with van der Waals surface area (Å²) in [5.74, 6) is -0.897. The van der Waals surface area contributed by atoms with Gasteiger partial charge in [-0.2, -0.15) is 0 Å². The predicted octanol–water partition coefficient (Wildman–Crippen LogP) is 0.637. The Morgan fingerprint density at radius 1 is 1.18 bits per heavy atom. The number of nitrogens with zero attached hydrogens (tertiary/aromatic N) is 3. The molecule has 38 heavy (non-hydrogen) atoms. The highest BCUT2D eigenvalue weighted by Gasteiger charge is 2.35. The van der Waals surface area contributed by atoms with Crippen molar-refractivity contribution in [1.29, 1.82) is 0 Å². The number of amides is 2. The third-order valence-electron chi connectivity index (χ3n) is 6.02. The highest BCUT2D eigenvalue weighted by molar-refractivity contribution is 6.02. The first-order chi connectivity index (χ1) is 18.2. The van der Waals surface area contributed by atoms with Crippen LogP contribution in [-0.2, 0) is 25.7 Å². The van der Waals surface area contributed by atoms with Gasteiger partial charge in [0.1, 0.15) is 29.4 Å². The zero-order valence-corrected chi connectivity index (χ0v) is 21.3. The lowest BCUT2D eigenvalue weighted by Crippen LogP contribution is -2.47. The van der Waals surface area contributed by atoms with Gasteiger partial charge in [-0.25, -0.2) is 14.4 Å². The Bertz CT molecular complexity index is 1200. The number of carbonyl (C=O) groups excluding carboxylic acids is 2. The zero-order valence-electron chi connectivity index (χ0n) is 21.3. The quantitative estimate of drug-likeness (QED) is 0.423. The molecule has 1 fully saturated rings. The largest absolute Gasteiger partial charge is 0.494 e. The van der Waals surface area contributed by atoms with Crippen LogP contribution in [0, 0.1) is 12.7 Å². The first-order valence-electron chi connectivity index (χ1n) is 12.1. The summed E-state index contributed by atoms with van der Waals surface area (Å²) in [6.07, 6.45) is -1.81. The van der Waals surface area contributed by atoms with Gasteiger partial charge >= 0.3 is 0 Å². The topological polar surface area (TPSA) is 153 Å². The van der Waals surface area contributed by atoms with Crippen LogP contribution in [0.3, 0.4) is 0 Å². The molecule has 13 heteroatoms. The van der Waals surface area contributed by atoms with Gasteiger partial charge in [-0.3, -0.25) is 9.59 Å². The fourth-order valence-electron chi connectivity index (χ4n) is 3.92. The molecule has 3 heterocycles. The van der Waals surface area contributed by atoms with Crippen LogP contribution < -0.4 is 15.4 Å². The number of aliphatic hydroxyl groups excluding tert-OH is 1. The van der Waals surface area contributed by atoms with E-state index >= 15 is 0 Å². The summed E-state index contributed by atoms with van der Waals surface area (Å²) in [4.78, 5) is 38.5. The van der Waals surface area contributed by atoms with E-state index in [9.17, 15) is 19.1 Å². The third-order valence-corrected chi connectivity index (χ3v) is 6.02. The van der Waals surface area contributed by atoms with Gasteiger partial charge < -0.3 is 34.8 Å². The summed E-state index contributed by atoms with van der Waals surface area (Å²) in [6.45, 7) is 3.93. The summed E-state index contributed by atoms with van der Waals surface area (Å²) in [7, 11) is 1.37. The maximum Gasteiger partial charge on any atom is 0.270 e. The second-order valence-corrected chi connectivity index (χ2v) is 8.97. The lowest BCUT2D eigenvalue weighted by molar-refractivity contribution is -0.170. The molecular formula is C25H30FN5O7. The molecule has 0 saturated carbocycles. The minimum atomic E-state index is -1.09. The van der Waals surface area contributed by atoms with Crippen molar-refractivity contribution in [1.82, 2.24) is 20.6 Å². The van der Waals surface area contributed by atoms with Crippen LogP contribution >= 0.6 is 0 Å². The smallest absolute Gasteiger partial charge is 0.270 e. The molecule has 0 aliphatic carbocycles. The van der Waals surface area contributed by atoms with Gasteiger partial charge in [0.2, 0.25) is 5.91 Å². The molecule has 0 spiro atoms. The highest BCUT2D eigenvalue weighted by atomic mass is 19.1. The molecular weight excluding hydrogens is 501 g/mol. The minimum absolute atomic E-state index is 0.0941. The molecule has 1 aromatic heterocycles. The van der Waals surface area contributed by atoms with Crippen molar-refractivity contribution in [2.45, 2.75) is 51.2 Å². The molecule has 12 nitrogen and oxygen atoms in total. The van der Waals surface area contributed by atoms with Gasteiger partial charge in [-0.1, -0.05) is 11.2 Å². The van der Waals surface area contributed by atoms with E-state index in [-0.39, 0.29) is 50.0 Å². The van der Waals surface area contributed by atoms with Gasteiger partial charge in [0, 0.05) is 19.5 Å². The van der Waals surface area contributed by atoms with E-state index < -0.39 is 29.8 Å². The molecule has 4 atom stereocenters. The fourth-order valence-corrected chi connectivity index (χ4v) is 3.92. The van der Waals surface area contributed by atoms with Crippen molar-refractivity contribution >= 4 is 17.5 Å². The molecule has 2 amide bonds. The van der Waals surface area contributed by atoms with Crippen LogP contribution in [0.15, 0.2) is 29.4 Å². The van der Waals surface area contributed by atoms with Crippen molar-refractivity contribution in [3.8, 4) is 5.75 Å². The minimum Gasteiger partial charge on any atom is -0.494 e. The number of rotatable bonds is 9. The Morgan fingerprint density at radius 2 is 2.00 bits per heavy atom. The van der Waals surface area contributed by atoms with Gasteiger partial charge in [-0.15, -0.1) is 0 Å². The molecule has 204 valence electrons. The van der Waals surface area contributed by atoms with Crippen LogP contribution in [0.4, 0.5) is 4.39 Å². The van der Waals surface area contributed by atoms with Crippen molar-refractivity contribution in [3.63, 3.8) is 0 Å². The average molecular weight is 532 g/mol. The summed E-state index contributed by atoms with van der Waals surface area (Å²) in [5.41, 5.74) is 1.84. The zero-order chi connectivity index (χ0) is 27.2. The predicted molar refractivity (Wildman–Crippen MR) is 131 cm³/mol. The van der Waals surface area contributed by atoms with E-state index in [2.05, 4.69) is 25.8 Å². The monoisotopic (exact) mass is 531 g/mol. The number of hydrogen-bond donors (Lipinski definition) is 3. The number of ether oxygens (including phenoxy) is 3. The van der Waals surface area contributed by atoms with Gasteiger partial charge in [0.15, 0.2) is 17.7 Å². The van der Waals surface area contributed by atoms with Crippen LogP contribution in [0.5, 0.6) is 5.75 Å². The Hall–Kier alpha value is -3.68. The van der Waals surface area contributed by atoms with Crippen molar-refractivity contribution in [2.75, 3.05) is 26.9 Å². The number of nitrogens with one attached hydrogen (secondary N) is 2. The number of aliphatic hydroxyl groups is 1. The number of aryl methyl sites for hydroxylation is 1. The van der Waals surface area contributed by atoms with Crippen molar-refractivity contribution in [3.05, 3.63) is 52.9 Å². The molecule has 1 saturated heterocycles. The van der Waals surface area contributed by atoms with E-state index in [1.807, 2.05) is 0 Å². The van der Waals surface area contributed by atoms with Gasteiger partial charge in [0.25, 0.3) is 5.91 Å². The highest BCUT2D eigenvalue weighted by Crippen LogP contribution is 2.23. The Kier molecular flexibility index (Phi) is 8.81. The van der Waals surface area contributed by atoms with Gasteiger partial charge in [0.05, 0.1) is 32.1 Å². The second kappa shape index (κ2) is 12.2. The number of aromatic nitrogens is 2. The van der Waals surface area contributed by atoms with Crippen LogP contribution in [-0.4, -0.2) is 83.9 Å². The van der Waals surface area contributed by atoms with Crippen LogP contribution in [0.1, 0.15) is 40.9 Å². The summed E-state index contributed by atoms with van der Waals surface area (Å²) in [6, 6.07) is 5.89. The number of oxime groups is 1. The molecule has 4 unspecified atom stereocenters. The molecule has 2 aliphatic rings. The van der Waals surface area contributed by atoms with E-state index in [4.69, 9.17) is 19.0 Å². The van der Waals surface area contributed by atoms with Gasteiger partial charge in [-0.05, 0) is 37.6 Å². The Morgan fingerprint density at radius 3 is 2.71 bits per heavy atom. The summed E-state index contributed by atoms with van der Waals surface area (Å²) >= 11 is 0. The maximum absolute atomic E-state index is 13.6. The number of hydrogen-bond acceptors (Lipinski definition) is 10. The molecule has 3 N–H and O–H groups in total. The van der Waals surface area contributed by atoms with E-state index in [1.165, 1.54) is 32.2 Å². The molecule has 0 bridgehead atoms. The van der Waals surface area contributed by atoms with Crippen LogP contribution in [0.2, 0.25) is 0 Å². The first-order valence-corrected chi connectivity index (χ1v) is 12.1. The average Bonchev–Trinajstić information content (AvgIpc) is 3.41. The van der Waals surface area contributed by atoms with Crippen LogP contribution in [0.25, 0.3) is 0 Å². The summed E-state index contributed by atoms with van der Waals surface area (Å²) in [5, 5.41) is 18.8. The number of methoxy groups -OCH3 is 1. The first kappa shape index (κ1) is 27.4. The number of halogens is 1. The molecule has 1 aromatic carbocycles. The van der Waals surface area contributed by atoms with Crippen molar-refractivity contribution in [2.24, 2.45) is 5.16 Å². The van der Waals surface area contributed by atoms with Crippen molar-refractivity contribution < 1.29 is 38.1 Å². The lowest BCUT2D eigenvalue weighted by Gasteiger charge is -2.31. The third kappa shape index (κ3) is 6.79. The van der Waals surface area contributed by atoms with E-state index in [1.54, 1.807) is 13.0 Å². The number of benzene rings is 1. The molecule has 2 aliphatic heterocycles. The van der Waals surface area contributed by atoms with E-state index in [0.717, 1.165) is 0 Å². The number of carbonyl (C=O) groups is 2. The molecule has 4 rings (SSSR count). The lowest BCUT2D eigenvalue weighted by atomic mass is 10.0. The normalized spacial score (nSPS) is 21.7. The maximum atomic E-state index is 13.6. The summed E-state index contributed by atoms with van der Waals surface area (Å²) < 4.78 is 30.2. The Labute approximate surface area is 218 Å². The fraction of sp³-hybridized carbons (Fsp3) is 0.480. The SMILES string of the molecule is COc1cc(CNC(=O)c2cc(C3=NOC(C4COC(CNC(=O)C(C)O)CO4)C3)nc(C)n2)ccc1F. The van der Waals surface area contributed by atoms with E-state index in [0.29, 0.717) is 29.2 Å². The standard InChI is InChI=1S/C25H30FN5O7/c1-13(32)24(33)28-10-16-11-37-23(12-36-16)22-8-19(31-38-22)18-7-20(30-14(2)29-18)25(34)27-9-15-4-5-17(26)21(6-15)35-3/h4-7,13,16,22-23,32H,8-12H2,1-3H3,(H,27,34)(H,28,33). The second-order valence-electron chi connectivity index (χ2n) is 8.97. The Balaban J connectivity index is 1.31. The molecule has 2 aromatic rings. The molecule has 0 radical (unpaired) electrons.